The zero-order valence-electron chi connectivity index (χ0n) is 12.5. The molecule has 4 heteroatoms. The summed E-state index contributed by atoms with van der Waals surface area (Å²) in [7, 11) is 0. The van der Waals surface area contributed by atoms with E-state index in [0.717, 1.165) is 11.3 Å². The number of hydrogen-bond acceptors (Lipinski definition) is 3. The van der Waals surface area contributed by atoms with Crippen LogP contribution in [0.25, 0.3) is 5.70 Å². The van der Waals surface area contributed by atoms with E-state index in [1.807, 2.05) is 4.90 Å². The molecule has 2 aliphatic heterocycles. The van der Waals surface area contributed by atoms with E-state index in [1.165, 1.54) is 11.1 Å². The average Bonchev–Trinajstić information content (AvgIpc) is 2.75. The van der Waals surface area contributed by atoms with Gasteiger partial charge in [-0.25, -0.2) is 0 Å². The number of fused-ring (bicyclic) bond motifs is 1. The molecule has 0 radical (unpaired) electrons. The van der Waals surface area contributed by atoms with Gasteiger partial charge in [0.2, 0.25) is 11.8 Å². The van der Waals surface area contributed by atoms with Gasteiger partial charge in [-0.15, -0.1) is 0 Å². The second-order valence-electron chi connectivity index (χ2n) is 6.11. The van der Waals surface area contributed by atoms with E-state index in [9.17, 15) is 9.59 Å². The molecule has 1 aromatic rings. The molecule has 0 saturated carbocycles. The summed E-state index contributed by atoms with van der Waals surface area (Å²) in [5.41, 5.74) is 4.50. The van der Waals surface area contributed by atoms with Crippen molar-refractivity contribution < 1.29 is 9.59 Å². The quantitative estimate of drug-likeness (QED) is 0.848. The van der Waals surface area contributed by atoms with Crippen LogP contribution in [-0.4, -0.2) is 22.8 Å². The lowest BCUT2D eigenvalue weighted by atomic mass is 9.98. The molecule has 2 aliphatic rings. The van der Waals surface area contributed by atoms with Gasteiger partial charge in [-0.2, -0.15) is 0 Å². The first-order chi connectivity index (χ1) is 9.97. The summed E-state index contributed by atoms with van der Waals surface area (Å²) in [4.78, 5) is 25.4. The molecule has 1 saturated heterocycles. The lowest BCUT2D eigenvalue weighted by Gasteiger charge is -2.31. The van der Waals surface area contributed by atoms with Crippen LogP contribution >= 0.6 is 0 Å². The van der Waals surface area contributed by atoms with Gasteiger partial charge >= 0.3 is 0 Å². The van der Waals surface area contributed by atoms with Crippen LogP contribution in [-0.2, 0) is 16.1 Å². The highest BCUT2D eigenvalue weighted by atomic mass is 16.2. The summed E-state index contributed by atoms with van der Waals surface area (Å²) in [6.07, 6.45) is 0.961. The van der Waals surface area contributed by atoms with Crippen LogP contribution in [0.3, 0.4) is 0 Å². The van der Waals surface area contributed by atoms with Crippen LogP contribution in [0.4, 0.5) is 0 Å². The Labute approximate surface area is 124 Å². The van der Waals surface area contributed by atoms with Gasteiger partial charge in [-0.05, 0) is 29.5 Å². The van der Waals surface area contributed by atoms with Crippen molar-refractivity contribution >= 4 is 17.5 Å². The Morgan fingerprint density at radius 3 is 2.76 bits per heavy atom. The van der Waals surface area contributed by atoms with Crippen molar-refractivity contribution in [1.29, 1.82) is 0 Å². The monoisotopic (exact) mass is 284 g/mol. The highest BCUT2D eigenvalue weighted by Gasteiger charge is 2.36. The first kappa shape index (κ1) is 13.9. The smallest absolute Gasteiger partial charge is 0.249 e. The van der Waals surface area contributed by atoms with E-state index in [2.05, 4.69) is 43.9 Å². The fraction of sp³-hybridized carbons (Fsp3) is 0.412. The molecule has 1 unspecified atom stereocenters. The molecule has 3 rings (SSSR count). The maximum absolute atomic E-state index is 12.0. The summed E-state index contributed by atoms with van der Waals surface area (Å²) >= 11 is 0. The molecule has 2 heterocycles. The minimum absolute atomic E-state index is 0.180. The number of hydrogen-bond donors (Lipinski definition) is 1. The lowest BCUT2D eigenvalue weighted by Crippen LogP contribution is -2.50. The number of carbonyl (C=O) groups is 2. The van der Waals surface area contributed by atoms with Crippen LogP contribution in [0, 0.1) is 0 Å². The third-order valence-corrected chi connectivity index (χ3v) is 4.39. The average molecular weight is 284 g/mol. The van der Waals surface area contributed by atoms with Crippen molar-refractivity contribution in [3.63, 3.8) is 0 Å². The molecule has 0 bridgehead atoms. The van der Waals surface area contributed by atoms with Crippen molar-refractivity contribution in [2.45, 2.75) is 45.2 Å². The van der Waals surface area contributed by atoms with Crippen LogP contribution < -0.4 is 5.32 Å². The number of benzene rings is 1. The fourth-order valence-electron chi connectivity index (χ4n) is 3.07. The zero-order valence-corrected chi connectivity index (χ0v) is 12.5. The van der Waals surface area contributed by atoms with Crippen molar-refractivity contribution in [3.05, 3.63) is 41.5 Å². The maximum atomic E-state index is 12.0. The van der Waals surface area contributed by atoms with Gasteiger partial charge in [0, 0.05) is 24.2 Å². The standard InChI is InChI=1S/C17H20N2O2/c1-10(2)12-4-5-13-9-19(11(3)14(13)8-12)15-6-7-16(20)18-17(15)21/h4-5,8,10,15H,3,6-7,9H2,1-2H3,(H,18,20,21). The number of amides is 2. The molecule has 1 aromatic carbocycles. The molecule has 110 valence electrons. The number of imide groups is 1. The van der Waals surface area contributed by atoms with Gasteiger partial charge in [0.25, 0.3) is 0 Å². The van der Waals surface area contributed by atoms with E-state index in [4.69, 9.17) is 0 Å². The first-order valence-electron chi connectivity index (χ1n) is 7.40. The third kappa shape index (κ3) is 2.35. The second kappa shape index (κ2) is 5.02. The molecule has 0 spiro atoms. The van der Waals surface area contributed by atoms with Gasteiger partial charge in [-0.1, -0.05) is 32.6 Å². The SMILES string of the molecule is C=C1c2cc(C(C)C)ccc2CN1C1CCC(=O)NC1=O. The van der Waals surface area contributed by atoms with Gasteiger partial charge in [0.05, 0.1) is 0 Å². The Morgan fingerprint density at radius 2 is 2.10 bits per heavy atom. The van der Waals surface area contributed by atoms with Crippen molar-refractivity contribution in [2.75, 3.05) is 0 Å². The van der Waals surface area contributed by atoms with Crippen molar-refractivity contribution in [1.82, 2.24) is 10.2 Å². The summed E-state index contributed by atoms with van der Waals surface area (Å²) in [6, 6.07) is 6.16. The topological polar surface area (TPSA) is 49.4 Å². The molecule has 0 aliphatic carbocycles. The molecule has 1 N–H and O–H groups in total. The Bertz CT molecular complexity index is 634. The fourth-order valence-corrected chi connectivity index (χ4v) is 3.07. The summed E-state index contributed by atoms with van der Waals surface area (Å²) in [5.74, 6) is 0.0812. The van der Waals surface area contributed by atoms with Crippen molar-refractivity contribution in [3.8, 4) is 0 Å². The highest BCUT2D eigenvalue weighted by molar-refractivity contribution is 6.01. The number of nitrogens with one attached hydrogen (secondary N) is 1. The van der Waals surface area contributed by atoms with Crippen LogP contribution in [0.5, 0.6) is 0 Å². The third-order valence-electron chi connectivity index (χ3n) is 4.39. The van der Waals surface area contributed by atoms with Crippen LogP contribution in [0.2, 0.25) is 0 Å². The number of piperidine rings is 1. The number of rotatable bonds is 2. The molecule has 2 amide bonds. The molecule has 4 nitrogen and oxygen atoms in total. The zero-order chi connectivity index (χ0) is 15.1. The van der Waals surface area contributed by atoms with Crippen LogP contribution in [0.1, 0.15) is 49.3 Å². The first-order valence-corrected chi connectivity index (χ1v) is 7.40. The Balaban J connectivity index is 1.87. The number of nitrogens with zero attached hydrogens (tertiary/aromatic N) is 1. The predicted molar refractivity (Wildman–Crippen MR) is 81.3 cm³/mol. The Hall–Kier alpha value is -2.10. The molecule has 1 fully saturated rings. The molecule has 0 aromatic heterocycles. The Morgan fingerprint density at radius 1 is 1.33 bits per heavy atom. The minimum atomic E-state index is -0.287. The highest BCUT2D eigenvalue weighted by Crippen LogP contribution is 2.36. The van der Waals surface area contributed by atoms with Crippen LogP contribution in [0.15, 0.2) is 24.8 Å². The molecular weight excluding hydrogens is 264 g/mol. The molecular formula is C17H20N2O2. The van der Waals surface area contributed by atoms with Crippen molar-refractivity contribution in [2.24, 2.45) is 0 Å². The van der Waals surface area contributed by atoms with Gasteiger partial charge in [0.1, 0.15) is 6.04 Å². The maximum Gasteiger partial charge on any atom is 0.249 e. The van der Waals surface area contributed by atoms with Gasteiger partial charge in [-0.3, -0.25) is 14.9 Å². The Kier molecular flexibility index (Phi) is 3.32. The summed E-state index contributed by atoms with van der Waals surface area (Å²) in [5, 5.41) is 2.42. The van der Waals surface area contributed by atoms with Gasteiger partial charge < -0.3 is 4.90 Å². The normalized spacial score (nSPS) is 21.8. The van der Waals surface area contributed by atoms with E-state index >= 15 is 0 Å². The van der Waals surface area contributed by atoms with E-state index in [1.54, 1.807) is 0 Å². The van der Waals surface area contributed by atoms with E-state index in [-0.39, 0.29) is 17.9 Å². The second-order valence-corrected chi connectivity index (χ2v) is 6.11. The molecule has 21 heavy (non-hydrogen) atoms. The minimum Gasteiger partial charge on any atom is -0.355 e. The van der Waals surface area contributed by atoms with E-state index in [0.29, 0.717) is 25.3 Å². The van der Waals surface area contributed by atoms with Gasteiger partial charge in [0.15, 0.2) is 0 Å². The summed E-state index contributed by atoms with van der Waals surface area (Å²) < 4.78 is 0. The summed E-state index contributed by atoms with van der Waals surface area (Å²) in [6.45, 7) is 9.19. The lowest BCUT2D eigenvalue weighted by molar-refractivity contribution is -0.136. The largest absolute Gasteiger partial charge is 0.355 e. The van der Waals surface area contributed by atoms with E-state index < -0.39 is 0 Å². The number of carbonyl (C=O) groups excluding carboxylic acids is 2. The molecule has 1 atom stereocenters. The predicted octanol–water partition coefficient (Wildman–Crippen LogP) is 2.40.